The minimum Gasteiger partial charge on any atom is -0.449 e. The van der Waals surface area contributed by atoms with Crippen molar-refractivity contribution in [1.82, 2.24) is 9.88 Å². The summed E-state index contributed by atoms with van der Waals surface area (Å²) in [5.41, 5.74) is 3.23. The molecule has 1 aromatic heterocycles. The van der Waals surface area contributed by atoms with Crippen LogP contribution in [0.25, 0.3) is 5.69 Å². The minimum absolute atomic E-state index is 0.234. The number of carbonyl (C=O) groups excluding carboxylic acids is 2. The van der Waals surface area contributed by atoms with Crippen LogP contribution in [0.3, 0.4) is 0 Å². The first kappa shape index (κ1) is 16.3. The van der Waals surface area contributed by atoms with Gasteiger partial charge in [-0.05, 0) is 51.8 Å². The molecule has 1 aliphatic carbocycles. The molecule has 0 saturated heterocycles. The Balaban J connectivity index is 1.77. The second kappa shape index (κ2) is 6.51. The van der Waals surface area contributed by atoms with Crippen LogP contribution < -0.4 is 5.32 Å². The molecular weight excluding hydrogens is 304 g/mol. The topological polar surface area (TPSA) is 60.3 Å². The molecule has 2 aromatic rings. The van der Waals surface area contributed by atoms with Gasteiger partial charge in [0.25, 0.3) is 5.91 Å². The lowest BCUT2D eigenvalue weighted by molar-refractivity contribution is -0.129. The van der Waals surface area contributed by atoms with Gasteiger partial charge in [0, 0.05) is 23.1 Å². The number of hydrogen-bond donors (Lipinski definition) is 1. The van der Waals surface area contributed by atoms with Crippen molar-refractivity contribution in [1.29, 1.82) is 0 Å². The molecule has 1 amide bonds. The van der Waals surface area contributed by atoms with Crippen LogP contribution in [-0.4, -0.2) is 28.6 Å². The van der Waals surface area contributed by atoms with E-state index in [4.69, 9.17) is 4.74 Å². The number of amides is 1. The Kier molecular flexibility index (Phi) is 4.42. The molecular formula is C19H22N2O3. The summed E-state index contributed by atoms with van der Waals surface area (Å²) in [5.74, 6) is -0.702. The summed E-state index contributed by atoms with van der Waals surface area (Å²) in [4.78, 5) is 24.4. The zero-order valence-corrected chi connectivity index (χ0v) is 14.2. The minimum atomic E-state index is -0.794. The Bertz CT molecular complexity index is 760. The molecule has 0 bridgehead atoms. The van der Waals surface area contributed by atoms with Gasteiger partial charge in [0.15, 0.2) is 6.10 Å². The molecule has 1 aromatic carbocycles. The maximum atomic E-state index is 12.5. The molecule has 24 heavy (non-hydrogen) atoms. The van der Waals surface area contributed by atoms with Crippen molar-refractivity contribution in [3.63, 3.8) is 0 Å². The van der Waals surface area contributed by atoms with Crippen LogP contribution >= 0.6 is 0 Å². The largest absolute Gasteiger partial charge is 0.449 e. The average molecular weight is 326 g/mol. The lowest BCUT2D eigenvalue weighted by Gasteiger charge is -2.13. The van der Waals surface area contributed by atoms with Gasteiger partial charge in [0.2, 0.25) is 0 Å². The van der Waals surface area contributed by atoms with E-state index in [1.807, 2.05) is 48.7 Å². The van der Waals surface area contributed by atoms with Gasteiger partial charge in [-0.25, -0.2) is 4.79 Å². The maximum absolute atomic E-state index is 12.5. The van der Waals surface area contributed by atoms with Crippen LogP contribution in [-0.2, 0) is 9.53 Å². The molecule has 5 heteroatoms. The quantitative estimate of drug-likeness (QED) is 0.860. The predicted molar refractivity (Wildman–Crippen MR) is 91.3 cm³/mol. The fourth-order valence-corrected chi connectivity index (χ4v) is 2.77. The number of benzene rings is 1. The SMILES string of the molecule is Cc1cc(C(=O)O[C@@H](C)C(=O)NC2CC2)c(C)n1-c1ccccc1. The van der Waals surface area contributed by atoms with E-state index < -0.39 is 12.1 Å². The Labute approximate surface area is 141 Å². The van der Waals surface area contributed by atoms with Crippen molar-refractivity contribution >= 4 is 11.9 Å². The third-order valence-electron chi connectivity index (χ3n) is 4.24. The zero-order valence-electron chi connectivity index (χ0n) is 14.2. The normalized spacial score (nSPS) is 15.0. The number of nitrogens with one attached hydrogen (secondary N) is 1. The van der Waals surface area contributed by atoms with Gasteiger partial charge in [-0.1, -0.05) is 18.2 Å². The zero-order chi connectivity index (χ0) is 17.3. The molecule has 1 aliphatic rings. The Morgan fingerprint density at radius 1 is 1.21 bits per heavy atom. The first-order valence-electron chi connectivity index (χ1n) is 8.23. The molecule has 1 heterocycles. The smallest absolute Gasteiger partial charge is 0.340 e. The van der Waals surface area contributed by atoms with Crippen molar-refractivity contribution in [2.24, 2.45) is 0 Å². The number of ether oxygens (including phenoxy) is 1. The van der Waals surface area contributed by atoms with Crippen molar-refractivity contribution in [3.05, 3.63) is 53.3 Å². The molecule has 3 rings (SSSR count). The van der Waals surface area contributed by atoms with E-state index in [1.54, 1.807) is 13.0 Å². The third kappa shape index (κ3) is 3.35. The first-order chi connectivity index (χ1) is 11.5. The summed E-state index contributed by atoms with van der Waals surface area (Å²) in [7, 11) is 0. The van der Waals surface area contributed by atoms with Crippen LogP contribution in [0.15, 0.2) is 36.4 Å². The second-order valence-electron chi connectivity index (χ2n) is 6.29. The molecule has 0 radical (unpaired) electrons. The van der Waals surface area contributed by atoms with Gasteiger partial charge in [-0.15, -0.1) is 0 Å². The van der Waals surface area contributed by atoms with Crippen molar-refractivity contribution < 1.29 is 14.3 Å². The Morgan fingerprint density at radius 2 is 1.88 bits per heavy atom. The van der Waals surface area contributed by atoms with Crippen LogP contribution in [0.5, 0.6) is 0 Å². The number of nitrogens with zero attached hydrogens (tertiary/aromatic N) is 1. The van der Waals surface area contributed by atoms with E-state index >= 15 is 0 Å². The number of aryl methyl sites for hydroxylation is 1. The van der Waals surface area contributed by atoms with Gasteiger partial charge in [0.1, 0.15) is 0 Å². The third-order valence-corrected chi connectivity index (χ3v) is 4.24. The van der Waals surface area contributed by atoms with Gasteiger partial charge in [0.05, 0.1) is 5.56 Å². The summed E-state index contributed by atoms with van der Waals surface area (Å²) in [5, 5.41) is 2.85. The lowest BCUT2D eigenvalue weighted by atomic mass is 10.2. The van der Waals surface area contributed by atoms with Gasteiger partial charge in [-0.2, -0.15) is 0 Å². The predicted octanol–water partition coefficient (Wildman–Crippen LogP) is 2.92. The van der Waals surface area contributed by atoms with E-state index in [0.29, 0.717) is 5.56 Å². The molecule has 1 fully saturated rings. The second-order valence-corrected chi connectivity index (χ2v) is 6.29. The molecule has 1 N–H and O–H groups in total. The number of para-hydroxylation sites is 1. The standard InChI is InChI=1S/C19H22N2O3/c1-12-11-17(13(2)21(12)16-7-5-4-6-8-16)19(23)24-14(3)18(22)20-15-9-10-15/h4-8,11,14-15H,9-10H2,1-3H3,(H,20,22)/t14-/m0/s1. The van der Waals surface area contributed by atoms with Gasteiger partial charge in [-0.3, -0.25) is 4.79 Å². The van der Waals surface area contributed by atoms with Crippen LogP contribution in [0.1, 0.15) is 41.5 Å². The molecule has 5 nitrogen and oxygen atoms in total. The summed E-state index contributed by atoms with van der Waals surface area (Å²) in [6, 6.07) is 11.9. The van der Waals surface area contributed by atoms with E-state index in [9.17, 15) is 9.59 Å². The molecule has 0 spiro atoms. The molecule has 126 valence electrons. The highest BCUT2D eigenvalue weighted by atomic mass is 16.5. The summed E-state index contributed by atoms with van der Waals surface area (Å²) < 4.78 is 7.35. The maximum Gasteiger partial charge on any atom is 0.340 e. The highest BCUT2D eigenvalue weighted by Crippen LogP contribution is 2.22. The molecule has 1 saturated carbocycles. The van der Waals surface area contributed by atoms with Crippen molar-refractivity contribution in [2.75, 3.05) is 0 Å². The van der Waals surface area contributed by atoms with E-state index in [0.717, 1.165) is 29.9 Å². The lowest BCUT2D eigenvalue weighted by Crippen LogP contribution is -2.37. The van der Waals surface area contributed by atoms with Crippen LogP contribution in [0, 0.1) is 13.8 Å². The van der Waals surface area contributed by atoms with Crippen molar-refractivity contribution in [3.8, 4) is 5.69 Å². The fraction of sp³-hybridized carbons (Fsp3) is 0.368. The van der Waals surface area contributed by atoms with E-state index in [2.05, 4.69) is 5.32 Å². The highest BCUT2D eigenvalue weighted by Gasteiger charge is 2.28. The van der Waals surface area contributed by atoms with Crippen molar-refractivity contribution in [2.45, 2.75) is 45.8 Å². The summed E-state index contributed by atoms with van der Waals surface area (Å²) >= 11 is 0. The Hall–Kier alpha value is -2.56. The van der Waals surface area contributed by atoms with Crippen LogP contribution in [0.2, 0.25) is 0 Å². The fourth-order valence-electron chi connectivity index (χ4n) is 2.77. The molecule has 0 unspecified atom stereocenters. The number of aromatic nitrogens is 1. The van der Waals surface area contributed by atoms with E-state index in [1.165, 1.54) is 0 Å². The molecule has 0 aliphatic heterocycles. The monoisotopic (exact) mass is 326 g/mol. The summed E-state index contributed by atoms with van der Waals surface area (Å²) in [6.45, 7) is 5.43. The summed E-state index contributed by atoms with van der Waals surface area (Å²) in [6.07, 6.45) is 1.22. The highest BCUT2D eigenvalue weighted by molar-refractivity contribution is 5.93. The Morgan fingerprint density at radius 3 is 2.50 bits per heavy atom. The number of carbonyl (C=O) groups is 2. The molecule has 1 atom stereocenters. The van der Waals surface area contributed by atoms with Gasteiger partial charge >= 0.3 is 5.97 Å². The number of rotatable bonds is 5. The van der Waals surface area contributed by atoms with E-state index in [-0.39, 0.29) is 11.9 Å². The average Bonchev–Trinajstić information content (AvgIpc) is 3.32. The first-order valence-corrected chi connectivity index (χ1v) is 8.23. The van der Waals surface area contributed by atoms with Crippen LogP contribution in [0.4, 0.5) is 0 Å². The number of hydrogen-bond acceptors (Lipinski definition) is 3. The van der Waals surface area contributed by atoms with Gasteiger partial charge < -0.3 is 14.6 Å². The number of esters is 1.